The van der Waals surface area contributed by atoms with Crippen molar-refractivity contribution in [3.63, 3.8) is 0 Å². The highest BCUT2D eigenvalue weighted by Crippen LogP contribution is 2.21. The van der Waals surface area contributed by atoms with Crippen LogP contribution < -0.4 is 0 Å². The number of halogens is 2. The number of hydrogen-bond donors (Lipinski definition) is 0. The molecule has 1 amide bonds. The highest BCUT2D eigenvalue weighted by Gasteiger charge is 2.23. The van der Waals surface area contributed by atoms with E-state index >= 15 is 0 Å². The van der Waals surface area contributed by atoms with E-state index in [1.807, 2.05) is 29.2 Å². The number of benzene rings is 1. The molecule has 0 spiro atoms. The predicted octanol–water partition coefficient (Wildman–Crippen LogP) is 3.09. The van der Waals surface area contributed by atoms with Crippen LogP contribution in [-0.2, 0) is 13.0 Å². The molecule has 0 atom stereocenters. The van der Waals surface area contributed by atoms with Crippen molar-refractivity contribution in [2.75, 3.05) is 6.54 Å². The highest BCUT2D eigenvalue weighted by molar-refractivity contribution is 9.10. The third-order valence-corrected chi connectivity index (χ3v) is 4.00. The summed E-state index contributed by atoms with van der Waals surface area (Å²) in [5.74, 6) is 0.0242. The zero-order valence-corrected chi connectivity index (χ0v) is 12.9. The lowest BCUT2D eigenvalue weighted by atomic mass is 10.1. The van der Waals surface area contributed by atoms with E-state index in [4.69, 9.17) is 11.6 Å². The maximum Gasteiger partial charge on any atom is 0.254 e. The van der Waals surface area contributed by atoms with Crippen LogP contribution in [0.15, 0.2) is 34.8 Å². The number of aromatic nitrogens is 2. The number of nitrogens with zero attached hydrogens (tertiary/aromatic N) is 3. The molecule has 0 aliphatic carbocycles. The van der Waals surface area contributed by atoms with Gasteiger partial charge >= 0.3 is 0 Å². The normalized spacial score (nSPS) is 14.0. The summed E-state index contributed by atoms with van der Waals surface area (Å²) in [6, 6.07) is 9.16. The third-order valence-electron chi connectivity index (χ3n) is 3.29. The summed E-state index contributed by atoms with van der Waals surface area (Å²) in [6.07, 6.45) is 0.710. The van der Waals surface area contributed by atoms with Crippen LogP contribution in [-0.4, -0.2) is 27.5 Å². The second-order valence-corrected chi connectivity index (χ2v) is 5.93. The summed E-state index contributed by atoms with van der Waals surface area (Å²) in [4.78, 5) is 14.3. The van der Waals surface area contributed by atoms with Crippen LogP contribution in [0, 0.1) is 0 Å². The van der Waals surface area contributed by atoms with Gasteiger partial charge in [-0.05, 0) is 35.9 Å². The maximum atomic E-state index is 12.4. The first kappa shape index (κ1) is 13.5. The van der Waals surface area contributed by atoms with E-state index in [1.165, 1.54) is 0 Å². The molecule has 4 nitrogen and oxygen atoms in total. The second kappa shape index (κ2) is 5.50. The van der Waals surface area contributed by atoms with Crippen molar-refractivity contribution in [1.82, 2.24) is 15.1 Å². The van der Waals surface area contributed by atoms with E-state index in [9.17, 15) is 4.79 Å². The third kappa shape index (κ3) is 2.69. The molecule has 1 aromatic heterocycles. The van der Waals surface area contributed by atoms with Gasteiger partial charge in [0.15, 0.2) is 5.15 Å². The molecule has 2 aromatic rings. The average molecular weight is 353 g/mol. The minimum absolute atomic E-state index is 0.0242. The summed E-state index contributed by atoms with van der Waals surface area (Å²) in [7, 11) is 0. The molecule has 0 radical (unpaired) electrons. The summed E-state index contributed by atoms with van der Waals surface area (Å²) >= 11 is 9.22. The molecule has 0 N–H and O–H groups in total. The molecular weight excluding hydrogens is 342 g/mol. The molecule has 6 heteroatoms. The van der Waals surface area contributed by atoms with Crippen molar-refractivity contribution < 1.29 is 4.79 Å². The van der Waals surface area contributed by atoms with Gasteiger partial charge in [0.25, 0.3) is 5.91 Å². The molecule has 2 heterocycles. The van der Waals surface area contributed by atoms with E-state index in [1.54, 1.807) is 6.07 Å². The molecule has 102 valence electrons. The van der Waals surface area contributed by atoms with Crippen molar-refractivity contribution in [3.8, 4) is 0 Å². The lowest BCUT2D eigenvalue weighted by Crippen LogP contribution is -2.36. The minimum Gasteiger partial charge on any atom is -0.334 e. The van der Waals surface area contributed by atoms with E-state index in [0.29, 0.717) is 30.2 Å². The van der Waals surface area contributed by atoms with Gasteiger partial charge in [-0.25, -0.2) is 0 Å². The van der Waals surface area contributed by atoms with Crippen molar-refractivity contribution in [2.45, 2.75) is 13.0 Å². The standard InChI is InChI=1S/C14H11BrClN3O/c15-11-3-1-9(2-4-11)14(20)19-6-5-12-10(8-19)7-13(16)18-17-12/h1-4,7H,5-6,8H2. The lowest BCUT2D eigenvalue weighted by molar-refractivity contribution is 0.0733. The van der Waals surface area contributed by atoms with Gasteiger partial charge in [-0.15, -0.1) is 5.10 Å². The van der Waals surface area contributed by atoms with E-state index < -0.39 is 0 Å². The number of hydrogen-bond acceptors (Lipinski definition) is 3. The summed E-state index contributed by atoms with van der Waals surface area (Å²) < 4.78 is 0.958. The molecule has 3 rings (SSSR count). The Labute approximate surface area is 129 Å². The fourth-order valence-corrected chi connectivity index (χ4v) is 2.68. The fraction of sp³-hybridized carbons (Fsp3) is 0.214. The van der Waals surface area contributed by atoms with Gasteiger partial charge in [-0.3, -0.25) is 4.79 Å². The first-order chi connectivity index (χ1) is 9.63. The van der Waals surface area contributed by atoms with Gasteiger partial charge in [-0.2, -0.15) is 5.10 Å². The average Bonchev–Trinajstić information content (AvgIpc) is 2.46. The van der Waals surface area contributed by atoms with Crippen LogP contribution in [0.1, 0.15) is 21.6 Å². The van der Waals surface area contributed by atoms with Gasteiger partial charge in [0.1, 0.15) is 0 Å². The predicted molar refractivity (Wildman–Crippen MR) is 79.6 cm³/mol. The summed E-state index contributed by atoms with van der Waals surface area (Å²) in [5.41, 5.74) is 2.58. The van der Waals surface area contributed by atoms with Crippen LogP contribution in [0.2, 0.25) is 5.15 Å². The number of carbonyl (C=O) groups is 1. The largest absolute Gasteiger partial charge is 0.334 e. The second-order valence-electron chi connectivity index (χ2n) is 4.62. The Morgan fingerprint density at radius 1 is 1.25 bits per heavy atom. The summed E-state index contributed by atoms with van der Waals surface area (Å²) in [5, 5.41) is 8.27. The minimum atomic E-state index is 0.0242. The lowest BCUT2D eigenvalue weighted by Gasteiger charge is -2.28. The van der Waals surface area contributed by atoms with Crippen molar-refractivity contribution in [1.29, 1.82) is 0 Å². The molecule has 0 bridgehead atoms. The SMILES string of the molecule is O=C(c1ccc(Br)cc1)N1CCc2nnc(Cl)cc2C1. The van der Waals surface area contributed by atoms with Crippen molar-refractivity contribution in [3.05, 3.63) is 56.8 Å². The quantitative estimate of drug-likeness (QED) is 0.792. The van der Waals surface area contributed by atoms with E-state index in [-0.39, 0.29) is 5.91 Å². The van der Waals surface area contributed by atoms with Gasteiger partial charge in [-0.1, -0.05) is 27.5 Å². The van der Waals surface area contributed by atoms with Crippen LogP contribution >= 0.6 is 27.5 Å². The topological polar surface area (TPSA) is 46.1 Å². The Morgan fingerprint density at radius 3 is 2.75 bits per heavy atom. The molecule has 0 saturated carbocycles. The molecule has 1 aliphatic heterocycles. The molecule has 1 aliphatic rings. The Balaban J connectivity index is 1.82. The first-order valence-electron chi connectivity index (χ1n) is 6.19. The van der Waals surface area contributed by atoms with Crippen LogP contribution in [0.3, 0.4) is 0 Å². The highest BCUT2D eigenvalue weighted by atomic mass is 79.9. The molecule has 1 aromatic carbocycles. The summed E-state index contributed by atoms with van der Waals surface area (Å²) in [6.45, 7) is 1.18. The van der Waals surface area contributed by atoms with E-state index in [0.717, 1.165) is 15.7 Å². The Hall–Kier alpha value is -1.46. The Bertz CT molecular complexity index is 660. The molecule has 0 unspecified atom stereocenters. The molecular formula is C14H11BrClN3O. The van der Waals surface area contributed by atoms with Gasteiger partial charge in [0, 0.05) is 29.5 Å². The van der Waals surface area contributed by atoms with Gasteiger partial charge < -0.3 is 4.90 Å². The number of rotatable bonds is 1. The molecule has 0 fully saturated rings. The maximum absolute atomic E-state index is 12.4. The Morgan fingerprint density at radius 2 is 2.00 bits per heavy atom. The number of fused-ring (bicyclic) bond motifs is 1. The van der Waals surface area contributed by atoms with Gasteiger partial charge in [0.05, 0.1) is 5.69 Å². The van der Waals surface area contributed by atoms with Crippen LogP contribution in [0.5, 0.6) is 0 Å². The number of amides is 1. The van der Waals surface area contributed by atoms with Gasteiger partial charge in [0.2, 0.25) is 0 Å². The van der Waals surface area contributed by atoms with E-state index in [2.05, 4.69) is 26.1 Å². The smallest absolute Gasteiger partial charge is 0.254 e. The number of carbonyl (C=O) groups excluding carboxylic acids is 1. The fourth-order valence-electron chi connectivity index (χ4n) is 2.25. The monoisotopic (exact) mass is 351 g/mol. The molecule has 20 heavy (non-hydrogen) atoms. The molecule has 0 saturated heterocycles. The zero-order valence-electron chi connectivity index (χ0n) is 10.5. The van der Waals surface area contributed by atoms with Crippen molar-refractivity contribution >= 4 is 33.4 Å². The van der Waals surface area contributed by atoms with Crippen LogP contribution in [0.25, 0.3) is 0 Å². The Kier molecular flexibility index (Phi) is 3.72. The zero-order chi connectivity index (χ0) is 14.1. The van der Waals surface area contributed by atoms with Crippen molar-refractivity contribution in [2.24, 2.45) is 0 Å². The van der Waals surface area contributed by atoms with Crippen LogP contribution in [0.4, 0.5) is 0 Å². The first-order valence-corrected chi connectivity index (χ1v) is 7.36.